The van der Waals surface area contributed by atoms with Crippen molar-refractivity contribution in [1.29, 1.82) is 0 Å². The Hall–Kier alpha value is -1.42. The Labute approximate surface area is 126 Å². The number of amides is 1. The Balaban J connectivity index is 2.24. The van der Waals surface area contributed by atoms with Gasteiger partial charge in [-0.1, -0.05) is 32.3 Å². The number of halogens is 1. The molecule has 1 saturated carbocycles. The highest BCUT2D eigenvalue weighted by Crippen LogP contribution is 2.38. The van der Waals surface area contributed by atoms with Crippen LogP contribution in [0.25, 0.3) is 0 Å². The van der Waals surface area contributed by atoms with E-state index in [9.17, 15) is 9.18 Å². The van der Waals surface area contributed by atoms with E-state index in [0.717, 1.165) is 32.1 Å². The Morgan fingerprint density at radius 3 is 2.67 bits per heavy atom. The topological polar surface area (TPSA) is 46.3 Å². The van der Waals surface area contributed by atoms with Crippen molar-refractivity contribution in [2.75, 3.05) is 18.0 Å². The van der Waals surface area contributed by atoms with Crippen LogP contribution in [0.1, 0.15) is 45.4 Å². The van der Waals surface area contributed by atoms with E-state index in [1.54, 1.807) is 17.0 Å². The number of carbonyl (C=O) groups excluding carboxylic acids is 1. The van der Waals surface area contributed by atoms with Crippen LogP contribution < -0.4 is 10.6 Å². The fourth-order valence-corrected chi connectivity index (χ4v) is 3.11. The van der Waals surface area contributed by atoms with Crippen LogP contribution in [0, 0.1) is 11.2 Å². The lowest BCUT2D eigenvalue weighted by atomic mass is 9.74. The van der Waals surface area contributed by atoms with Crippen LogP contribution in [0.3, 0.4) is 0 Å². The molecule has 2 N–H and O–H groups in total. The number of benzene rings is 1. The molecule has 1 aliphatic rings. The molecule has 0 heterocycles. The highest BCUT2D eigenvalue weighted by molar-refractivity contribution is 5.97. The molecule has 0 radical (unpaired) electrons. The Morgan fingerprint density at radius 2 is 2.05 bits per heavy atom. The van der Waals surface area contributed by atoms with Crippen LogP contribution in [0.15, 0.2) is 24.3 Å². The molecule has 3 nitrogen and oxygen atoms in total. The Morgan fingerprint density at radius 1 is 1.33 bits per heavy atom. The minimum atomic E-state index is -0.320. The lowest BCUT2D eigenvalue weighted by Crippen LogP contribution is -2.44. The average molecular weight is 292 g/mol. The summed E-state index contributed by atoms with van der Waals surface area (Å²) in [6.45, 7) is 3.12. The molecule has 0 unspecified atom stereocenters. The molecule has 1 aliphatic carbocycles. The third-order valence-corrected chi connectivity index (χ3v) is 4.42. The van der Waals surface area contributed by atoms with E-state index in [-0.39, 0.29) is 17.1 Å². The van der Waals surface area contributed by atoms with Crippen LogP contribution in [0.5, 0.6) is 0 Å². The van der Waals surface area contributed by atoms with Gasteiger partial charge in [0.25, 0.3) is 0 Å². The van der Waals surface area contributed by atoms with Gasteiger partial charge in [-0.2, -0.15) is 0 Å². The van der Waals surface area contributed by atoms with Gasteiger partial charge >= 0.3 is 0 Å². The first-order valence-electron chi connectivity index (χ1n) is 7.84. The number of anilines is 1. The van der Waals surface area contributed by atoms with E-state index in [0.29, 0.717) is 18.8 Å². The van der Waals surface area contributed by atoms with Crippen LogP contribution in [-0.4, -0.2) is 19.0 Å². The second-order valence-corrected chi connectivity index (χ2v) is 6.20. The molecule has 0 saturated heterocycles. The van der Waals surface area contributed by atoms with Crippen molar-refractivity contribution in [3.05, 3.63) is 30.1 Å². The first kappa shape index (κ1) is 16.0. The highest BCUT2D eigenvalue weighted by atomic mass is 19.1. The predicted octanol–water partition coefficient (Wildman–Crippen LogP) is 3.48. The van der Waals surface area contributed by atoms with Gasteiger partial charge in [0, 0.05) is 17.6 Å². The van der Waals surface area contributed by atoms with Gasteiger partial charge in [-0.25, -0.2) is 4.39 Å². The van der Waals surface area contributed by atoms with Gasteiger partial charge in [-0.3, -0.25) is 4.79 Å². The van der Waals surface area contributed by atoms with Crippen molar-refractivity contribution in [1.82, 2.24) is 0 Å². The van der Waals surface area contributed by atoms with Crippen molar-refractivity contribution < 1.29 is 9.18 Å². The molecule has 21 heavy (non-hydrogen) atoms. The van der Waals surface area contributed by atoms with Gasteiger partial charge in [-0.15, -0.1) is 0 Å². The monoisotopic (exact) mass is 292 g/mol. The van der Waals surface area contributed by atoms with Crippen molar-refractivity contribution in [2.45, 2.75) is 45.4 Å². The summed E-state index contributed by atoms with van der Waals surface area (Å²) in [4.78, 5) is 14.7. The number of nitrogens with two attached hydrogens (primary N) is 1. The third-order valence-electron chi connectivity index (χ3n) is 4.42. The minimum absolute atomic E-state index is 0.112. The maximum atomic E-state index is 13.5. The molecule has 0 spiro atoms. The van der Waals surface area contributed by atoms with Crippen LogP contribution >= 0.6 is 0 Å². The van der Waals surface area contributed by atoms with E-state index in [2.05, 4.69) is 0 Å². The molecule has 0 bridgehead atoms. The third kappa shape index (κ3) is 3.82. The van der Waals surface area contributed by atoms with E-state index >= 15 is 0 Å². The van der Waals surface area contributed by atoms with Crippen LogP contribution in [0.4, 0.5) is 10.1 Å². The molecule has 1 aromatic rings. The van der Waals surface area contributed by atoms with Crippen molar-refractivity contribution in [3.8, 4) is 0 Å². The maximum Gasteiger partial charge on any atom is 0.232 e. The smallest absolute Gasteiger partial charge is 0.232 e. The summed E-state index contributed by atoms with van der Waals surface area (Å²) in [6.07, 6.45) is 5.94. The summed E-state index contributed by atoms with van der Waals surface area (Å²) in [5, 5.41) is 0. The van der Waals surface area contributed by atoms with Crippen molar-refractivity contribution in [2.24, 2.45) is 11.1 Å². The molecule has 1 fully saturated rings. The zero-order chi connectivity index (χ0) is 15.3. The maximum absolute atomic E-state index is 13.5. The lowest BCUT2D eigenvalue weighted by molar-refractivity contribution is -0.129. The molecule has 1 aromatic carbocycles. The van der Waals surface area contributed by atoms with Crippen LogP contribution in [-0.2, 0) is 4.79 Å². The summed E-state index contributed by atoms with van der Waals surface area (Å²) in [7, 11) is 0. The second-order valence-electron chi connectivity index (χ2n) is 6.20. The predicted molar refractivity (Wildman–Crippen MR) is 83.6 cm³/mol. The fraction of sp³-hybridized carbons (Fsp3) is 0.588. The zero-order valence-corrected chi connectivity index (χ0v) is 12.8. The Kier molecular flexibility index (Phi) is 5.34. The summed E-state index contributed by atoms with van der Waals surface area (Å²) < 4.78 is 13.5. The van der Waals surface area contributed by atoms with Gasteiger partial charge in [0.2, 0.25) is 5.91 Å². The molecule has 116 valence electrons. The summed E-state index contributed by atoms with van der Waals surface area (Å²) in [5.41, 5.74) is 5.90. The average Bonchev–Trinajstić information content (AvgIpc) is 2.48. The largest absolute Gasteiger partial charge is 0.330 e. The summed E-state index contributed by atoms with van der Waals surface area (Å²) in [6, 6.07) is 6.28. The SMILES string of the molecule is CC1(C(=O)N(CCCN)c2cccc(F)c2)CCCCC1. The van der Waals surface area contributed by atoms with Crippen molar-refractivity contribution >= 4 is 11.6 Å². The van der Waals surface area contributed by atoms with E-state index in [4.69, 9.17) is 5.73 Å². The molecule has 0 atom stereocenters. The van der Waals surface area contributed by atoms with E-state index in [1.165, 1.54) is 18.6 Å². The number of carbonyl (C=O) groups is 1. The molecular weight excluding hydrogens is 267 g/mol. The van der Waals surface area contributed by atoms with Gasteiger partial charge in [0.1, 0.15) is 5.82 Å². The van der Waals surface area contributed by atoms with Gasteiger partial charge in [0.15, 0.2) is 0 Å². The van der Waals surface area contributed by atoms with Gasteiger partial charge in [-0.05, 0) is 44.0 Å². The van der Waals surface area contributed by atoms with Gasteiger partial charge < -0.3 is 10.6 Å². The number of hydrogen-bond acceptors (Lipinski definition) is 2. The van der Waals surface area contributed by atoms with Gasteiger partial charge in [0.05, 0.1) is 0 Å². The molecule has 1 amide bonds. The molecule has 0 aromatic heterocycles. The quantitative estimate of drug-likeness (QED) is 0.903. The van der Waals surface area contributed by atoms with E-state index in [1.807, 2.05) is 6.92 Å². The number of hydrogen-bond donors (Lipinski definition) is 1. The summed E-state index contributed by atoms with van der Waals surface area (Å²) >= 11 is 0. The molecular formula is C17H25FN2O. The second kappa shape index (κ2) is 7.03. The molecule has 2 rings (SSSR count). The standard InChI is InChI=1S/C17H25FN2O/c1-17(9-3-2-4-10-17)16(21)20(12-6-11-19)15-8-5-7-14(18)13-15/h5,7-8,13H,2-4,6,9-12,19H2,1H3. The first-order chi connectivity index (χ1) is 10.1. The summed E-state index contributed by atoms with van der Waals surface area (Å²) in [5.74, 6) is -0.201. The molecule has 4 heteroatoms. The lowest BCUT2D eigenvalue weighted by Gasteiger charge is -2.37. The van der Waals surface area contributed by atoms with Crippen molar-refractivity contribution in [3.63, 3.8) is 0 Å². The highest BCUT2D eigenvalue weighted by Gasteiger charge is 2.37. The molecule has 0 aliphatic heterocycles. The first-order valence-corrected chi connectivity index (χ1v) is 7.84. The Bertz CT molecular complexity index is 483. The number of rotatable bonds is 5. The minimum Gasteiger partial charge on any atom is -0.330 e. The zero-order valence-electron chi connectivity index (χ0n) is 12.8. The van der Waals surface area contributed by atoms with E-state index < -0.39 is 0 Å². The number of nitrogens with zero attached hydrogens (tertiary/aromatic N) is 1. The normalized spacial score (nSPS) is 17.5. The fourth-order valence-electron chi connectivity index (χ4n) is 3.11. The van der Waals surface area contributed by atoms with Crippen LogP contribution in [0.2, 0.25) is 0 Å².